The smallest absolute Gasteiger partial charge is 0.218 e. The zero-order chi connectivity index (χ0) is 14.4. The van der Waals surface area contributed by atoms with Crippen LogP contribution in [0.25, 0.3) is 0 Å². The topological polar surface area (TPSA) is 66.6 Å². The van der Waals surface area contributed by atoms with E-state index < -0.39 is 10.0 Å². The van der Waals surface area contributed by atoms with Crippen LogP contribution in [-0.2, 0) is 15.8 Å². The Kier molecular flexibility index (Phi) is 5.54. The molecule has 2 rings (SSSR count). The molecule has 1 aliphatic rings. The summed E-state index contributed by atoms with van der Waals surface area (Å²) in [7, 11) is -3.22. The average molecular weight is 297 g/mol. The minimum absolute atomic E-state index is 0.0880. The van der Waals surface area contributed by atoms with Gasteiger partial charge in [0.05, 0.1) is 5.75 Å². The van der Waals surface area contributed by atoms with Crippen LogP contribution in [0.5, 0.6) is 0 Å². The first kappa shape index (κ1) is 15.4. The second-order valence-electron chi connectivity index (χ2n) is 5.12. The first-order chi connectivity index (χ1) is 9.62. The van der Waals surface area contributed by atoms with E-state index in [-0.39, 0.29) is 5.75 Å². The lowest BCUT2D eigenvalue weighted by atomic mass is 10.2. The van der Waals surface area contributed by atoms with Gasteiger partial charge in [-0.25, -0.2) is 12.7 Å². The van der Waals surface area contributed by atoms with Crippen LogP contribution in [0.1, 0.15) is 12.0 Å². The second-order valence-corrected chi connectivity index (χ2v) is 7.09. The van der Waals surface area contributed by atoms with E-state index in [1.54, 1.807) is 4.31 Å². The van der Waals surface area contributed by atoms with E-state index in [1.807, 2.05) is 30.3 Å². The first-order valence-electron chi connectivity index (χ1n) is 7.06. The Hall–Kier alpha value is -0.950. The minimum atomic E-state index is -3.22. The maximum Gasteiger partial charge on any atom is 0.218 e. The molecule has 1 aromatic rings. The van der Waals surface area contributed by atoms with Gasteiger partial charge in [-0.15, -0.1) is 0 Å². The monoisotopic (exact) mass is 297 g/mol. The molecule has 0 unspecified atom stereocenters. The zero-order valence-electron chi connectivity index (χ0n) is 11.7. The van der Waals surface area contributed by atoms with Gasteiger partial charge in [-0.05, 0) is 18.5 Å². The summed E-state index contributed by atoms with van der Waals surface area (Å²) in [4.78, 5) is 2.23. The quantitative estimate of drug-likeness (QED) is 0.858. The number of rotatable bonds is 5. The minimum Gasteiger partial charge on any atom is -0.329 e. The molecule has 0 radical (unpaired) electrons. The van der Waals surface area contributed by atoms with Crippen molar-refractivity contribution in [3.05, 3.63) is 35.9 Å². The number of benzene rings is 1. The Bertz CT molecular complexity index is 504. The van der Waals surface area contributed by atoms with Crippen LogP contribution >= 0.6 is 0 Å². The fourth-order valence-corrected chi connectivity index (χ4v) is 4.07. The standard InChI is InChI=1S/C14H23N3O2S/c15-7-10-16-8-4-9-17(12-11-16)20(18,19)13-14-5-2-1-3-6-14/h1-3,5-6H,4,7-13,15H2. The Morgan fingerprint density at radius 1 is 1.05 bits per heavy atom. The highest BCUT2D eigenvalue weighted by Gasteiger charge is 2.25. The number of hydrogen-bond donors (Lipinski definition) is 1. The van der Waals surface area contributed by atoms with Crippen molar-refractivity contribution in [2.24, 2.45) is 5.73 Å². The van der Waals surface area contributed by atoms with Gasteiger partial charge in [-0.1, -0.05) is 30.3 Å². The van der Waals surface area contributed by atoms with Crippen LogP contribution in [0.4, 0.5) is 0 Å². The predicted molar refractivity (Wildman–Crippen MR) is 80.8 cm³/mol. The van der Waals surface area contributed by atoms with Crippen molar-refractivity contribution in [2.45, 2.75) is 12.2 Å². The molecule has 0 saturated carbocycles. The van der Waals surface area contributed by atoms with Crippen molar-refractivity contribution >= 4 is 10.0 Å². The summed E-state index contributed by atoms with van der Waals surface area (Å²) in [5.41, 5.74) is 6.40. The van der Waals surface area contributed by atoms with Crippen LogP contribution in [0.3, 0.4) is 0 Å². The van der Waals surface area contributed by atoms with E-state index in [4.69, 9.17) is 5.73 Å². The predicted octanol–water partition coefficient (Wildman–Crippen LogP) is 0.483. The largest absolute Gasteiger partial charge is 0.329 e. The number of nitrogens with zero attached hydrogens (tertiary/aromatic N) is 2. The summed E-state index contributed by atoms with van der Waals surface area (Å²) >= 11 is 0. The SMILES string of the molecule is NCCN1CCCN(S(=O)(=O)Cc2ccccc2)CC1. The van der Waals surface area contributed by atoms with Gasteiger partial charge in [-0.2, -0.15) is 0 Å². The average Bonchev–Trinajstić information content (AvgIpc) is 2.66. The van der Waals surface area contributed by atoms with Crippen LogP contribution < -0.4 is 5.73 Å². The summed E-state index contributed by atoms with van der Waals surface area (Å²) < 4.78 is 26.5. The molecule has 1 aromatic carbocycles. The molecule has 0 amide bonds. The zero-order valence-corrected chi connectivity index (χ0v) is 12.6. The van der Waals surface area contributed by atoms with Gasteiger partial charge < -0.3 is 10.6 Å². The summed E-state index contributed by atoms with van der Waals surface area (Å²) in [6.07, 6.45) is 0.869. The Balaban J connectivity index is 1.99. The van der Waals surface area contributed by atoms with Gasteiger partial charge >= 0.3 is 0 Å². The van der Waals surface area contributed by atoms with E-state index >= 15 is 0 Å². The summed E-state index contributed by atoms with van der Waals surface area (Å²) in [5, 5.41) is 0. The number of hydrogen-bond acceptors (Lipinski definition) is 4. The third-order valence-electron chi connectivity index (χ3n) is 3.58. The highest BCUT2D eigenvalue weighted by atomic mass is 32.2. The van der Waals surface area contributed by atoms with E-state index in [9.17, 15) is 8.42 Å². The Labute approximate surface area is 121 Å². The lowest BCUT2D eigenvalue weighted by Crippen LogP contribution is -2.37. The van der Waals surface area contributed by atoms with Crippen LogP contribution in [0.2, 0.25) is 0 Å². The maximum atomic E-state index is 12.5. The molecule has 112 valence electrons. The molecule has 1 aliphatic heterocycles. The van der Waals surface area contributed by atoms with Crippen molar-refractivity contribution in [1.29, 1.82) is 0 Å². The van der Waals surface area contributed by atoms with Crippen molar-refractivity contribution in [3.63, 3.8) is 0 Å². The summed E-state index contributed by atoms with van der Waals surface area (Å²) in [6.45, 7) is 4.33. The molecular formula is C14H23N3O2S. The van der Waals surface area contributed by atoms with Crippen molar-refractivity contribution in [1.82, 2.24) is 9.21 Å². The van der Waals surface area contributed by atoms with Gasteiger partial charge in [0, 0.05) is 32.7 Å². The number of sulfonamides is 1. The molecule has 1 fully saturated rings. The fraction of sp³-hybridized carbons (Fsp3) is 0.571. The van der Waals surface area contributed by atoms with Gasteiger partial charge in [0.15, 0.2) is 0 Å². The number of nitrogens with two attached hydrogens (primary N) is 1. The Morgan fingerprint density at radius 3 is 2.50 bits per heavy atom. The van der Waals surface area contributed by atoms with Crippen molar-refractivity contribution < 1.29 is 8.42 Å². The van der Waals surface area contributed by atoms with Gasteiger partial charge in [0.2, 0.25) is 10.0 Å². The highest BCUT2D eigenvalue weighted by molar-refractivity contribution is 7.88. The molecule has 6 heteroatoms. The van der Waals surface area contributed by atoms with Gasteiger partial charge in [0.25, 0.3) is 0 Å². The van der Waals surface area contributed by atoms with E-state index in [0.29, 0.717) is 19.6 Å². The molecule has 0 spiro atoms. The molecule has 0 atom stereocenters. The second kappa shape index (κ2) is 7.17. The first-order valence-corrected chi connectivity index (χ1v) is 8.67. The molecule has 1 heterocycles. The molecule has 0 bridgehead atoms. The lowest BCUT2D eigenvalue weighted by Gasteiger charge is -2.21. The lowest BCUT2D eigenvalue weighted by molar-refractivity contribution is 0.294. The molecule has 5 nitrogen and oxygen atoms in total. The van der Waals surface area contributed by atoms with Crippen molar-refractivity contribution in [3.8, 4) is 0 Å². The van der Waals surface area contributed by atoms with E-state index in [0.717, 1.165) is 31.6 Å². The molecule has 2 N–H and O–H groups in total. The maximum absolute atomic E-state index is 12.5. The molecule has 1 saturated heterocycles. The summed E-state index contributed by atoms with van der Waals surface area (Å²) in [5.74, 6) is 0.0880. The van der Waals surface area contributed by atoms with Gasteiger partial charge in [0.1, 0.15) is 0 Å². The molecule has 0 aliphatic carbocycles. The third kappa shape index (κ3) is 4.28. The molecule has 20 heavy (non-hydrogen) atoms. The fourth-order valence-electron chi connectivity index (χ4n) is 2.51. The molecular weight excluding hydrogens is 274 g/mol. The van der Waals surface area contributed by atoms with Gasteiger partial charge in [-0.3, -0.25) is 0 Å². The highest BCUT2D eigenvalue weighted by Crippen LogP contribution is 2.13. The van der Waals surface area contributed by atoms with E-state index in [2.05, 4.69) is 4.90 Å². The van der Waals surface area contributed by atoms with Crippen LogP contribution in [0, 0.1) is 0 Å². The van der Waals surface area contributed by atoms with Crippen molar-refractivity contribution in [2.75, 3.05) is 39.3 Å². The Morgan fingerprint density at radius 2 is 1.80 bits per heavy atom. The van der Waals surface area contributed by atoms with Crippen LogP contribution in [0.15, 0.2) is 30.3 Å². The van der Waals surface area contributed by atoms with Crippen LogP contribution in [-0.4, -0.2) is 56.9 Å². The normalized spacial score (nSPS) is 18.9. The summed E-state index contributed by atoms with van der Waals surface area (Å²) in [6, 6.07) is 9.35. The third-order valence-corrected chi connectivity index (χ3v) is 5.43. The molecule has 0 aromatic heterocycles. The van der Waals surface area contributed by atoms with E-state index in [1.165, 1.54) is 0 Å².